The van der Waals surface area contributed by atoms with Crippen LogP contribution in [0.5, 0.6) is 11.5 Å². The largest absolute Gasteiger partial charge is 0.492 e. The van der Waals surface area contributed by atoms with Crippen molar-refractivity contribution in [1.82, 2.24) is 0 Å². The number of hydrogen-bond donors (Lipinski definition) is 1. The van der Waals surface area contributed by atoms with E-state index in [9.17, 15) is 9.59 Å². The Morgan fingerprint density at radius 2 is 1.78 bits per heavy atom. The van der Waals surface area contributed by atoms with E-state index >= 15 is 0 Å². The van der Waals surface area contributed by atoms with Gasteiger partial charge in [0.05, 0.1) is 23.2 Å². The SMILES string of the molecule is CCOc1ccccc1NC(=O)COc1ccc2c(=O)c(-c3ccccc3Cl)coc2c1. The molecule has 0 fully saturated rings. The van der Waals surface area contributed by atoms with Gasteiger partial charge in [-0.1, -0.05) is 41.9 Å². The smallest absolute Gasteiger partial charge is 0.262 e. The van der Waals surface area contributed by atoms with Gasteiger partial charge in [-0.2, -0.15) is 0 Å². The third-order valence-corrected chi connectivity index (χ3v) is 5.07. The minimum Gasteiger partial charge on any atom is -0.492 e. The Hall–Kier alpha value is -3.77. The summed E-state index contributed by atoms with van der Waals surface area (Å²) in [6, 6.07) is 19.1. The molecule has 1 amide bonds. The first-order valence-electron chi connectivity index (χ1n) is 10.0. The number of amides is 1. The van der Waals surface area contributed by atoms with Crippen LogP contribution >= 0.6 is 11.6 Å². The molecule has 1 N–H and O–H groups in total. The maximum absolute atomic E-state index is 12.9. The molecule has 0 saturated heterocycles. The van der Waals surface area contributed by atoms with Gasteiger partial charge in [0, 0.05) is 16.7 Å². The fraction of sp³-hybridized carbons (Fsp3) is 0.120. The van der Waals surface area contributed by atoms with E-state index in [2.05, 4.69) is 5.32 Å². The van der Waals surface area contributed by atoms with Crippen molar-refractivity contribution < 1.29 is 18.7 Å². The number of benzene rings is 3. The van der Waals surface area contributed by atoms with E-state index in [0.717, 1.165) is 0 Å². The van der Waals surface area contributed by atoms with E-state index in [1.54, 1.807) is 60.7 Å². The fourth-order valence-corrected chi connectivity index (χ4v) is 3.49. The first kappa shape index (κ1) is 21.5. The molecule has 0 saturated carbocycles. The Morgan fingerprint density at radius 1 is 1.00 bits per heavy atom. The molecule has 32 heavy (non-hydrogen) atoms. The van der Waals surface area contributed by atoms with Crippen LogP contribution in [0.4, 0.5) is 5.69 Å². The highest BCUT2D eigenvalue weighted by molar-refractivity contribution is 6.33. The van der Waals surface area contributed by atoms with Crippen molar-refractivity contribution in [2.75, 3.05) is 18.5 Å². The van der Waals surface area contributed by atoms with Gasteiger partial charge in [-0.05, 0) is 37.3 Å². The molecule has 0 unspecified atom stereocenters. The van der Waals surface area contributed by atoms with Gasteiger partial charge in [0.2, 0.25) is 5.43 Å². The number of carbonyl (C=O) groups is 1. The second-order valence-electron chi connectivity index (χ2n) is 6.88. The maximum Gasteiger partial charge on any atom is 0.262 e. The molecule has 4 aromatic rings. The zero-order valence-electron chi connectivity index (χ0n) is 17.3. The van der Waals surface area contributed by atoms with Gasteiger partial charge in [-0.15, -0.1) is 0 Å². The molecule has 0 aliphatic heterocycles. The summed E-state index contributed by atoms with van der Waals surface area (Å²) in [5.74, 6) is 0.650. The highest BCUT2D eigenvalue weighted by atomic mass is 35.5. The lowest BCUT2D eigenvalue weighted by atomic mass is 10.1. The molecule has 0 aliphatic rings. The van der Waals surface area contributed by atoms with Gasteiger partial charge < -0.3 is 19.2 Å². The minimum absolute atomic E-state index is 0.198. The third kappa shape index (κ3) is 4.60. The molecule has 7 heteroatoms. The van der Waals surface area contributed by atoms with Crippen LogP contribution in [0, 0.1) is 0 Å². The van der Waals surface area contributed by atoms with Crippen LogP contribution in [0.2, 0.25) is 5.02 Å². The molecule has 4 rings (SSSR count). The number of fused-ring (bicyclic) bond motifs is 1. The lowest BCUT2D eigenvalue weighted by molar-refractivity contribution is -0.118. The van der Waals surface area contributed by atoms with E-state index < -0.39 is 0 Å². The Morgan fingerprint density at radius 3 is 2.59 bits per heavy atom. The van der Waals surface area contributed by atoms with Crippen molar-refractivity contribution in [3.8, 4) is 22.6 Å². The number of halogens is 1. The van der Waals surface area contributed by atoms with Crippen LogP contribution < -0.4 is 20.2 Å². The number of hydrogen-bond acceptors (Lipinski definition) is 5. The van der Waals surface area contributed by atoms with Crippen molar-refractivity contribution in [2.24, 2.45) is 0 Å². The summed E-state index contributed by atoms with van der Waals surface area (Å²) in [6.07, 6.45) is 1.38. The second-order valence-corrected chi connectivity index (χ2v) is 7.29. The van der Waals surface area contributed by atoms with Crippen molar-refractivity contribution in [2.45, 2.75) is 6.92 Å². The normalized spacial score (nSPS) is 10.7. The molecule has 0 bridgehead atoms. The van der Waals surface area contributed by atoms with Gasteiger partial charge >= 0.3 is 0 Å². The number of nitrogens with one attached hydrogen (secondary N) is 1. The molecule has 0 atom stereocenters. The van der Waals surface area contributed by atoms with Crippen LogP contribution in [-0.2, 0) is 4.79 Å². The number of para-hydroxylation sites is 2. The minimum atomic E-state index is -0.340. The van der Waals surface area contributed by atoms with Crippen LogP contribution in [0.15, 0.2) is 82.2 Å². The molecule has 3 aromatic carbocycles. The van der Waals surface area contributed by atoms with E-state index in [1.807, 2.05) is 13.0 Å². The second kappa shape index (κ2) is 9.58. The number of ether oxygens (including phenoxy) is 2. The molecule has 1 aromatic heterocycles. The van der Waals surface area contributed by atoms with E-state index in [4.69, 9.17) is 25.5 Å². The van der Waals surface area contributed by atoms with E-state index in [0.29, 0.717) is 50.9 Å². The van der Waals surface area contributed by atoms with Crippen LogP contribution in [0.1, 0.15) is 6.92 Å². The van der Waals surface area contributed by atoms with E-state index in [1.165, 1.54) is 6.26 Å². The fourth-order valence-electron chi connectivity index (χ4n) is 3.25. The lowest BCUT2D eigenvalue weighted by Gasteiger charge is -2.12. The molecular formula is C25H20ClNO5. The standard InChI is InChI=1S/C25H20ClNO5/c1-2-30-22-10-6-5-9-21(22)27-24(28)15-31-16-11-12-18-23(13-16)32-14-19(25(18)29)17-7-3-4-8-20(17)26/h3-14H,2,15H2,1H3,(H,27,28). The van der Waals surface area contributed by atoms with Gasteiger partial charge in [0.15, 0.2) is 6.61 Å². The molecule has 6 nitrogen and oxygen atoms in total. The van der Waals surface area contributed by atoms with Crippen molar-refractivity contribution in [3.63, 3.8) is 0 Å². The summed E-state index contributed by atoms with van der Waals surface area (Å²) < 4.78 is 16.8. The van der Waals surface area contributed by atoms with E-state index in [-0.39, 0.29) is 17.9 Å². The summed E-state index contributed by atoms with van der Waals surface area (Å²) >= 11 is 6.22. The molecule has 0 aliphatic carbocycles. The zero-order valence-corrected chi connectivity index (χ0v) is 18.0. The Bertz CT molecular complexity index is 1330. The molecule has 1 heterocycles. The van der Waals surface area contributed by atoms with Crippen molar-refractivity contribution in [1.29, 1.82) is 0 Å². The molecule has 162 valence electrons. The van der Waals surface area contributed by atoms with Crippen molar-refractivity contribution in [3.05, 3.63) is 88.2 Å². The molecule has 0 radical (unpaired) electrons. The average molecular weight is 450 g/mol. The number of carbonyl (C=O) groups excluding carboxylic acids is 1. The maximum atomic E-state index is 12.9. The first-order chi connectivity index (χ1) is 15.6. The average Bonchev–Trinajstić information content (AvgIpc) is 2.80. The van der Waals surface area contributed by atoms with Gasteiger partial charge in [-0.3, -0.25) is 9.59 Å². The number of anilines is 1. The lowest BCUT2D eigenvalue weighted by Crippen LogP contribution is -2.20. The summed E-state index contributed by atoms with van der Waals surface area (Å²) in [5, 5.41) is 3.63. The number of rotatable bonds is 7. The first-order valence-corrected chi connectivity index (χ1v) is 10.4. The Balaban J connectivity index is 1.49. The van der Waals surface area contributed by atoms with Crippen LogP contribution in [0.3, 0.4) is 0 Å². The molecule has 0 spiro atoms. The quantitative estimate of drug-likeness (QED) is 0.401. The summed E-state index contributed by atoms with van der Waals surface area (Å²) in [6.45, 7) is 2.15. The predicted octanol–water partition coefficient (Wildman–Crippen LogP) is 5.53. The van der Waals surface area contributed by atoms with Gasteiger partial charge in [-0.25, -0.2) is 0 Å². The van der Waals surface area contributed by atoms with Crippen molar-refractivity contribution >= 4 is 34.2 Å². The van der Waals surface area contributed by atoms with Gasteiger partial charge in [0.1, 0.15) is 23.3 Å². The van der Waals surface area contributed by atoms with Gasteiger partial charge in [0.25, 0.3) is 5.91 Å². The van der Waals surface area contributed by atoms with Crippen LogP contribution in [0.25, 0.3) is 22.1 Å². The third-order valence-electron chi connectivity index (χ3n) is 4.74. The topological polar surface area (TPSA) is 77.8 Å². The highest BCUT2D eigenvalue weighted by Gasteiger charge is 2.13. The Kier molecular flexibility index (Phi) is 6.42. The summed E-state index contributed by atoms with van der Waals surface area (Å²) in [4.78, 5) is 25.2. The molecular weight excluding hydrogens is 430 g/mol. The summed E-state index contributed by atoms with van der Waals surface area (Å²) in [7, 11) is 0. The Labute approximate surface area is 189 Å². The highest BCUT2D eigenvalue weighted by Crippen LogP contribution is 2.28. The summed E-state index contributed by atoms with van der Waals surface area (Å²) in [5.41, 5.74) is 1.71. The monoisotopic (exact) mass is 449 g/mol. The van der Waals surface area contributed by atoms with Crippen LogP contribution in [-0.4, -0.2) is 19.1 Å². The zero-order chi connectivity index (χ0) is 22.5. The predicted molar refractivity (Wildman–Crippen MR) is 125 cm³/mol.